The topological polar surface area (TPSA) is 89.3 Å². The van der Waals surface area contributed by atoms with E-state index in [2.05, 4.69) is 0 Å². The van der Waals surface area contributed by atoms with Crippen LogP contribution < -0.4 is 5.11 Å². The average Bonchev–Trinajstić information content (AvgIpc) is 1.41. The van der Waals surface area contributed by atoms with E-state index in [0.717, 1.165) is 7.11 Å². The Bertz CT molecular complexity index is 37.0. The second-order valence-corrected chi connectivity index (χ2v) is 0.224. The number of hydrogen-bond acceptors (Lipinski definition) is 4. The van der Waals surface area contributed by atoms with Crippen LogP contribution in [-0.2, 0) is 34.1 Å². The van der Waals surface area contributed by atoms with E-state index in [4.69, 9.17) is 20.4 Å². The van der Waals surface area contributed by atoms with Crippen LogP contribution in [0.2, 0.25) is 0 Å². The first-order valence-electron chi connectivity index (χ1n) is 0.956. The maximum atomic E-state index is 8.25. The van der Waals surface area contributed by atoms with Gasteiger partial charge in [0, 0.05) is 34.1 Å². The van der Waals surface area contributed by atoms with Gasteiger partial charge in [-0.05, 0) is 0 Å². The standard InChI is InChI=1S/CH3O.2Cu.NO3/c1-2;;;2-1(3)4/h1H3;;;/q-1;;;-1. The third kappa shape index (κ3) is 4230. The summed E-state index contributed by atoms with van der Waals surface area (Å²) in [5.74, 6) is 0. The van der Waals surface area contributed by atoms with Gasteiger partial charge in [0.15, 0.2) is 0 Å². The third-order valence-electron chi connectivity index (χ3n) is 0. The van der Waals surface area contributed by atoms with Crippen molar-refractivity contribution >= 4 is 0 Å². The van der Waals surface area contributed by atoms with Gasteiger partial charge in [0.05, 0.1) is 5.09 Å². The van der Waals surface area contributed by atoms with Crippen molar-refractivity contribution in [3.05, 3.63) is 15.3 Å². The third-order valence-corrected chi connectivity index (χ3v) is 0. The molecule has 2 radical (unpaired) electrons. The van der Waals surface area contributed by atoms with Crippen molar-refractivity contribution in [3.63, 3.8) is 0 Å². The SMILES string of the molecule is C[O-].O=[N+]([O-])[O-].[Cu].[Cu]. The summed E-state index contributed by atoms with van der Waals surface area (Å²) in [5, 5.41) is 23.0. The van der Waals surface area contributed by atoms with Crippen LogP contribution in [0.15, 0.2) is 0 Å². The number of nitrogens with zero attached hydrogens (tertiary/aromatic N) is 1. The molecule has 0 heterocycles. The van der Waals surface area contributed by atoms with Crippen LogP contribution in [0.5, 0.6) is 0 Å². The predicted molar refractivity (Wildman–Crippen MR) is 16.3 cm³/mol. The zero-order chi connectivity index (χ0) is 5.58. The van der Waals surface area contributed by atoms with Crippen LogP contribution in [0.3, 0.4) is 0 Å². The van der Waals surface area contributed by atoms with Crippen LogP contribution in [0.4, 0.5) is 0 Å². The molecule has 0 bridgehead atoms. The van der Waals surface area contributed by atoms with Crippen molar-refractivity contribution < 1.29 is 44.3 Å². The fourth-order valence-electron chi connectivity index (χ4n) is 0. The molecule has 0 unspecified atom stereocenters. The van der Waals surface area contributed by atoms with Gasteiger partial charge in [-0.15, -0.1) is 0 Å². The van der Waals surface area contributed by atoms with E-state index in [-0.39, 0.29) is 34.1 Å². The van der Waals surface area contributed by atoms with E-state index in [0.29, 0.717) is 0 Å². The molecule has 60 valence electrons. The van der Waals surface area contributed by atoms with Crippen molar-refractivity contribution in [1.82, 2.24) is 0 Å². The Morgan fingerprint density at radius 1 is 1.12 bits per heavy atom. The van der Waals surface area contributed by atoms with Crippen molar-refractivity contribution in [3.8, 4) is 0 Å². The zero-order valence-electron chi connectivity index (χ0n) is 3.68. The molecule has 0 aliphatic carbocycles. The normalized spacial score (nSPS) is 3.75. The van der Waals surface area contributed by atoms with E-state index in [1.54, 1.807) is 0 Å². The summed E-state index contributed by atoms with van der Waals surface area (Å²) in [6.07, 6.45) is 0. The Kier molecular flexibility index (Phi) is 81.4. The van der Waals surface area contributed by atoms with E-state index >= 15 is 0 Å². The Morgan fingerprint density at radius 3 is 1.12 bits per heavy atom. The molecule has 0 aliphatic heterocycles. The van der Waals surface area contributed by atoms with Gasteiger partial charge in [0.25, 0.3) is 0 Å². The largest absolute Gasteiger partial charge is 0.857 e. The quantitative estimate of drug-likeness (QED) is 0.289. The first-order chi connectivity index (χ1) is 2.73. The van der Waals surface area contributed by atoms with Gasteiger partial charge >= 0.3 is 0 Å². The van der Waals surface area contributed by atoms with Crippen molar-refractivity contribution in [2.45, 2.75) is 0 Å². The minimum atomic E-state index is -1.75. The van der Waals surface area contributed by atoms with Crippen LogP contribution >= 0.6 is 0 Å². The molecule has 0 amide bonds. The van der Waals surface area contributed by atoms with Gasteiger partial charge in [0.1, 0.15) is 0 Å². The van der Waals surface area contributed by atoms with E-state index in [1.807, 2.05) is 0 Å². The maximum absolute atomic E-state index is 8.25. The van der Waals surface area contributed by atoms with Crippen molar-refractivity contribution in [2.75, 3.05) is 7.11 Å². The molecule has 0 atom stereocenters. The molecule has 0 fully saturated rings. The summed E-state index contributed by atoms with van der Waals surface area (Å²) in [7, 11) is 0.750. The number of hydrogen-bond donors (Lipinski definition) is 0. The molecular formula is CH3Cu2NO4-2. The summed E-state index contributed by atoms with van der Waals surface area (Å²) in [6, 6.07) is 0. The summed E-state index contributed by atoms with van der Waals surface area (Å²) in [5.41, 5.74) is 0. The molecule has 0 N–H and O–H groups in total. The van der Waals surface area contributed by atoms with Crippen molar-refractivity contribution in [2.24, 2.45) is 0 Å². The molecule has 5 nitrogen and oxygen atoms in total. The molecule has 0 aromatic heterocycles. The molecule has 0 aromatic rings. The Morgan fingerprint density at radius 2 is 1.12 bits per heavy atom. The predicted octanol–water partition coefficient (Wildman–Crippen LogP) is -1.27. The zero-order valence-corrected chi connectivity index (χ0v) is 5.57. The summed E-state index contributed by atoms with van der Waals surface area (Å²) in [4.78, 5) is 8.25. The molecule has 8 heavy (non-hydrogen) atoms. The second-order valence-electron chi connectivity index (χ2n) is 0.224. The van der Waals surface area contributed by atoms with Gasteiger partial charge in [0.2, 0.25) is 0 Å². The first-order valence-corrected chi connectivity index (χ1v) is 0.956. The van der Waals surface area contributed by atoms with Gasteiger partial charge < -0.3 is 20.4 Å². The fraction of sp³-hybridized carbons (Fsp3) is 1.00. The van der Waals surface area contributed by atoms with Gasteiger partial charge in [-0.1, -0.05) is 0 Å². The van der Waals surface area contributed by atoms with E-state index < -0.39 is 5.09 Å². The molecule has 0 saturated heterocycles. The minimum Gasteiger partial charge on any atom is -0.857 e. The van der Waals surface area contributed by atoms with Gasteiger partial charge in [-0.2, -0.15) is 7.11 Å². The monoisotopic (exact) mass is 219 g/mol. The van der Waals surface area contributed by atoms with Crippen molar-refractivity contribution in [1.29, 1.82) is 0 Å². The first kappa shape index (κ1) is 24.1. The molecule has 0 saturated carbocycles. The molecule has 0 aliphatic rings. The Labute approximate surface area is 67.1 Å². The summed E-state index contributed by atoms with van der Waals surface area (Å²) in [6.45, 7) is 0. The average molecular weight is 220 g/mol. The minimum absolute atomic E-state index is 0. The smallest absolute Gasteiger partial charge is 0.0689 e. The van der Waals surface area contributed by atoms with Crippen LogP contribution in [0, 0.1) is 15.3 Å². The van der Waals surface area contributed by atoms with Gasteiger partial charge in [-0.25, -0.2) is 0 Å². The van der Waals surface area contributed by atoms with Crippen LogP contribution in [-0.4, -0.2) is 12.2 Å². The Balaban J connectivity index is -0.0000000183. The van der Waals surface area contributed by atoms with Gasteiger partial charge in [-0.3, -0.25) is 0 Å². The van der Waals surface area contributed by atoms with Crippen LogP contribution in [0.25, 0.3) is 0 Å². The fourth-order valence-corrected chi connectivity index (χ4v) is 0. The molecule has 0 aromatic carbocycles. The summed E-state index contributed by atoms with van der Waals surface area (Å²) < 4.78 is 0. The molecule has 0 rings (SSSR count). The summed E-state index contributed by atoms with van der Waals surface area (Å²) >= 11 is 0. The van der Waals surface area contributed by atoms with E-state index in [1.165, 1.54) is 0 Å². The molecule has 0 spiro atoms. The van der Waals surface area contributed by atoms with E-state index in [9.17, 15) is 0 Å². The molecule has 7 heteroatoms. The second kappa shape index (κ2) is 27.0. The Hall–Kier alpha value is 0.199. The number of rotatable bonds is 0. The maximum Gasteiger partial charge on any atom is 0.0689 e. The molecular weight excluding hydrogens is 217 g/mol. The van der Waals surface area contributed by atoms with Crippen LogP contribution in [0.1, 0.15) is 0 Å².